The number of carbonyl (C=O) groups excluding carboxylic acids is 1. The van der Waals surface area contributed by atoms with Crippen molar-refractivity contribution in [3.63, 3.8) is 0 Å². The number of morpholine rings is 1. The van der Waals surface area contributed by atoms with Crippen LogP contribution in [-0.4, -0.2) is 49.7 Å². The van der Waals surface area contributed by atoms with Gasteiger partial charge in [0.25, 0.3) is 0 Å². The minimum atomic E-state index is 0. The molecule has 1 aromatic rings. The molecule has 3 N–H and O–H groups in total. The number of nitrogens with two attached hydrogens (primary N) is 1. The van der Waals surface area contributed by atoms with Gasteiger partial charge in [0, 0.05) is 25.3 Å². The SMILES string of the molecule is CC(C)c1cccc(NC(=O)CN2CCOC(CN)C2)c1.Cl. The number of amides is 1. The van der Waals surface area contributed by atoms with E-state index >= 15 is 0 Å². The number of halogens is 1. The van der Waals surface area contributed by atoms with Crippen LogP contribution < -0.4 is 11.1 Å². The summed E-state index contributed by atoms with van der Waals surface area (Å²) in [6.45, 7) is 7.29. The van der Waals surface area contributed by atoms with Gasteiger partial charge in [0.15, 0.2) is 0 Å². The summed E-state index contributed by atoms with van der Waals surface area (Å²) in [5.74, 6) is 0.458. The molecule has 2 rings (SSSR count). The maximum atomic E-state index is 12.1. The van der Waals surface area contributed by atoms with Gasteiger partial charge in [0.05, 0.1) is 19.3 Å². The fraction of sp³-hybridized carbons (Fsp3) is 0.562. The van der Waals surface area contributed by atoms with Crippen LogP contribution in [0.25, 0.3) is 0 Å². The molecular formula is C16H26ClN3O2. The number of hydrogen-bond donors (Lipinski definition) is 2. The summed E-state index contributed by atoms with van der Waals surface area (Å²) in [6, 6.07) is 8.01. The molecule has 1 aliphatic heterocycles. The first-order valence-electron chi connectivity index (χ1n) is 7.52. The maximum Gasteiger partial charge on any atom is 0.238 e. The van der Waals surface area contributed by atoms with E-state index in [2.05, 4.69) is 30.1 Å². The van der Waals surface area contributed by atoms with E-state index in [1.165, 1.54) is 5.56 Å². The van der Waals surface area contributed by atoms with E-state index in [1.807, 2.05) is 18.2 Å². The number of ether oxygens (including phenoxy) is 1. The van der Waals surface area contributed by atoms with Gasteiger partial charge in [-0.25, -0.2) is 0 Å². The van der Waals surface area contributed by atoms with E-state index in [0.29, 0.717) is 25.6 Å². The zero-order valence-corrected chi connectivity index (χ0v) is 14.1. The van der Waals surface area contributed by atoms with Crippen LogP contribution in [0.15, 0.2) is 24.3 Å². The predicted molar refractivity (Wildman–Crippen MR) is 91.6 cm³/mol. The number of benzene rings is 1. The molecule has 0 aromatic heterocycles. The third-order valence-corrected chi connectivity index (χ3v) is 3.69. The van der Waals surface area contributed by atoms with Gasteiger partial charge < -0.3 is 15.8 Å². The number of carbonyl (C=O) groups is 1. The minimum Gasteiger partial charge on any atom is -0.374 e. The molecule has 22 heavy (non-hydrogen) atoms. The highest BCUT2D eigenvalue weighted by molar-refractivity contribution is 5.92. The number of nitrogens with zero attached hydrogens (tertiary/aromatic N) is 1. The first kappa shape index (κ1) is 18.9. The van der Waals surface area contributed by atoms with Gasteiger partial charge in [-0.15, -0.1) is 12.4 Å². The summed E-state index contributed by atoms with van der Waals surface area (Å²) in [5, 5.41) is 2.96. The lowest BCUT2D eigenvalue weighted by Gasteiger charge is -2.31. The second kappa shape index (κ2) is 9.10. The average Bonchev–Trinajstić information content (AvgIpc) is 2.47. The van der Waals surface area contributed by atoms with Crippen molar-refractivity contribution in [2.45, 2.75) is 25.9 Å². The van der Waals surface area contributed by atoms with Gasteiger partial charge in [-0.05, 0) is 23.6 Å². The zero-order chi connectivity index (χ0) is 15.2. The van der Waals surface area contributed by atoms with Crippen LogP contribution in [0.5, 0.6) is 0 Å². The highest BCUT2D eigenvalue weighted by Crippen LogP contribution is 2.18. The van der Waals surface area contributed by atoms with Crippen molar-refractivity contribution in [2.75, 3.05) is 38.1 Å². The summed E-state index contributed by atoms with van der Waals surface area (Å²) < 4.78 is 5.50. The molecule has 0 saturated carbocycles. The van der Waals surface area contributed by atoms with Gasteiger partial charge in [-0.3, -0.25) is 9.69 Å². The second-order valence-electron chi connectivity index (χ2n) is 5.79. The van der Waals surface area contributed by atoms with Crippen molar-refractivity contribution in [1.29, 1.82) is 0 Å². The van der Waals surface area contributed by atoms with Gasteiger partial charge >= 0.3 is 0 Å². The Morgan fingerprint density at radius 1 is 1.50 bits per heavy atom. The Morgan fingerprint density at radius 2 is 2.27 bits per heavy atom. The van der Waals surface area contributed by atoms with E-state index < -0.39 is 0 Å². The van der Waals surface area contributed by atoms with Crippen molar-refractivity contribution < 1.29 is 9.53 Å². The van der Waals surface area contributed by atoms with Crippen molar-refractivity contribution in [1.82, 2.24) is 4.90 Å². The normalized spacial score (nSPS) is 18.8. The molecule has 1 aliphatic rings. The number of nitrogens with one attached hydrogen (secondary N) is 1. The van der Waals surface area contributed by atoms with E-state index in [4.69, 9.17) is 10.5 Å². The zero-order valence-electron chi connectivity index (χ0n) is 13.2. The summed E-state index contributed by atoms with van der Waals surface area (Å²) in [4.78, 5) is 14.2. The van der Waals surface area contributed by atoms with Crippen LogP contribution in [0.1, 0.15) is 25.3 Å². The molecule has 1 saturated heterocycles. The molecule has 1 amide bonds. The Hall–Kier alpha value is -1.14. The highest BCUT2D eigenvalue weighted by atomic mass is 35.5. The molecule has 1 unspecified atom stereocenters. The topological polar surface area (TPSA) is 67.6 Å². The minimum absolute atomic E-state index is 0. The molecule has 0 spiro atoms. The van der Waals surface area contributed by atoms with Gasteiger partial charge in [-0.1, -0.05) is 26.0 Å². The summed E-state index contributed by atoms with van der Waals surface area (Å²) >= 11 is 0. The Morgan fingerprint density at radius 3 is 2.95 bits per heavy atom. The lowest BCUT2D eigenvalue weighted by Crippen LogP contribution is -2.48. The fourth-order valence-electron chi connectivity index (χ4n) is 2.45. The summed E-state index contributed by atoms with van der Waals surface area (Å²) in [5.41, 5.74) is 7.69. The summed E-state index contributed by atoms with van der Waals surface area (Å²) in [6.07, 6.45) is 0.0378. The molecular weight excluding hydrogens is 302 g/mol. The van der Waals surface area contributed by atoms with Gasteiger partial charge in [0.1, 0.15) is 0 Å². The maximum absolute atomic E-state index is 12.1. The molecule has 1 heterocycles. The van der Waals surface area contributed by atoms with E-state index in [1.54, 1.807) is 0 Å². The predicted octanol–water partition coefficient (Wildman–Crippen LogP) is 1.83. The first-order chi connectivity index (χ1) is 10.1. The van der Waals surface area contributed by atoms with Crippen LogP contribution in [0.2, 0.25) is 0 Å². The number of hydrogen-bond acceptors (Lipinski definition) is 4. The van der Waals surface area contributed by atoms with Crippen molar-refractivity contribution in [2.24, 2.45) is 5.73 Å². The lowest BCUT2D eigenvalue weighted by atomic mass is 10.0. The Bertz CT molecular complexity index is 482. The third kappa shape index (κ3) is 5.57. The molecule has 0 aliphatic carbocycles. The van der Waals surface area contributed by atoms with E-state index in [9.17, 15) is 4.79 Å². The van der Waals surface area contributed by atoms with Crippen molar-refractivity contribution in [3.05, 3.63) is 29.8 Å². The van der Waals surface area contributed by atoms with Crippen LogP contribution >= 0.6 is 12.4 Å². The highest BCUT2D eigenvalue weighted by Gasteiger charge is 2.21. The molecule has 0 radical (unpaired) electrons. The molecule has 1 atom stereocenters. The Balaban J connectivity index is 0.00000242. The largest absolute Gasteiger partial charge is 0.374 e. The van der Waals surface area contributed by atoms with Crippen LogP contribution in [-0.2, 0) is 9.53 Å². The monoisotopic (exact) mass is 327 g/mol. The molecule has 124 valence electrons. The molecule has 6 heteroatoms. The second-order valence-corrected chi connectivity index (χ2v) is 5.79. The molecule has 5 nitrogen and oxygen atoms in total. The summed E-state index contributed by atoms with van der Waals surface area (Å²) in [7, 11) is 0. The van der Waals surface area contributed by atoms with Crippen LogP contribution in [0.3, 0.4) is 0 Å². The number of rotatable bonds is 5. The van der Waals surface area contributed by atoms with Gasteiger partial charge in [-0.2, -0.15) is 0 Å². The third-order valence-electron chi connectivity index (χ3n) is 3.69. The van der Waals surface area contributed by atoms with E-state index in [0.717, 1.165) is 18.8 Å². The Labute approximate surface area is 138 Å². The van der Waals surface area contributed by atoms with Crippen molar-refractivity contribution in [3.8, 4) is 0 Å². The quantitative estimate of drug-likeness (QED) is 0.866. The first-order valence-corrected chi connectivity index (χ1v) is 7.52. The lowest BCUT2D eigenvalue weighted by molar-refractivity contribution is -0.119. The Kier molecular flexibility index (Phi) is 7.82. The number of anilines is 1. The van der Waals surface area contributed by atoms with Crippen LogP contribution in [0, 0.1) is 0 Å². The molecule has 0 bridgehead atoms. The van der Waals surface area contributed by atoms with Gasteiger partial charge in [0.2, 0.25) is 5.91 Å². The smallest absolute Gasteiger partial charge is 0.238 e. The standard InChI is InChI=1S/C16H25N3O2.ClH/c1-12(2)13-4-3-5-14(8-13)18-16(20)11-19-6-7-21-15(9-17)10-19;/h3-5,8,12,15H,6-7,9-11,17H2,1-2H3,(H,18,20);1H. The van der Waals surface area contributed by atoms with Crippen LogP contribution in [0.4, 0.5) is 5.69 Å². The fourth-order valence-corrected chi connectivity index (χ4v) is 2.45. The average molecular weight is 328 g/mol. The molecule has 1 aromatic carbocycles. The molecule has 1 fully saturated rings. The van der Waals surface area contributed by atoms with E-state index in [-0.39, 0.29) is 24.4 Å². The van der Waals surface area contributed by atoms with Crippen molar-refractivity contribution >= 4 is 24.0 Å².